The molecule has 0 aromatic heterocycles. The van der Waals surface area contributed by atoms with E-state index >= 15 is 0 Å². The summed E-state index contributed by atoms with van der Waals surface area (Å²) in [5.74, 6) is 0.866. The van der Waals surface area contributed by atoms with Crippen molar-refractivity contribution in [1.29, 1.82) is 0 Å². The molecule has 0 aliphatic heterocycles. The second-order valence-electron chi connectivity index (χ2n) is 5.47. The summed E-state index contributed by atoms with van der Waals surface area (Å²) in [7, 11) is 0. The lowest BCUT2D eigenvalue weighted by molar-refractivity contribution is 0.0204. The molecule has 2 N–H and O–H groups in total. The van der Waals surface area contributed by atoms with Crippen LogP contribution in [-0.2, 0) is 4.74 Å². The smallest absolute Gasteiger partial charge is 0.0989 e. The van der Waals surface area contributed by atoms with E-state index in [4.69, 9.17) is 22.1 Å². The number of halogens is 1. The molecule has 106 valence electrons. The van der Waals surface area contributed by atoms with E-state index in [2.05, 4.69) is 6.92 Å². The minimum absolute atomic E-state index is 0.00119. The van der Waals surface area contributed by atoms with Gasteiger partial charge in [-0.15, -0.1) is 0 Å². The molecule has 1 aromatic rings. The summed E-state index contributed by atoms with van der Waals surface area (Å²) >= 11 is 6.26. The third kappa shape index (κ3) is 3.95. The van der Waals surface area contributed by atoms with Crippen LogP contribution in [0.15, 0.2) is 24.3 Å². The predicted octanol–water partition coefficient (Wildman–Crippen LogP) is 4.33. The van der Waals surface area contributed by atoms with Crippen molar-refractivity contribution in [1.82, 2.24) is 0 Å². The van der Waals surface area contributed by atoms with Crippen LogP contribution in [0, 0.1) is 5.92 Å². The fourth-order valence-electron chi connectivity index (χ4n) is 2.51. The van der Waals surface area contributed by atoms with Crippen LogP contribution in [0.3, 0.4) is 0 Å². The van der Waals surface area contributed by atoms with Gasteiger partial charge in [-0.05, 0) is 24.8 Å². The van der Waals surface area contributed by atoms with Crippen molar-refractivity contribution >= 4 is 11.6 Å². The Labute approximate surface area is 121 Å². The van der Waals surface area contributed by atoms with Crippen molar-refractivity contribution < 1.29 is 4.74 Å². The van der Waals surface area contributed by atoms with E-state index < -0.39 is 0 Å². The van der Waals surface area contributed by atoms with Gasteiger partial charge in [0.15, 0.2) is 0 Å². The molecular formula is C16H24ClNO. The summed E-state index contributed by atoms with van der Waals surface area (Å²) in [6.45, 7) is 2.87. The topological polar surface area (TPSA) is 35.2 Å². The molecule has 1 aliphatic rings. The van der Waals surface area contributed by atoms with E-state index in [1.54, 1.807) is 0 Å². The zero-order chi connectivity index (χ0) is 13.7. The first-order valence-electron chi connectivity index (χ1n) is 7.34. The van der Waals surface area contributed by atoms with Gasteiger partial charge in [0.2, 0.25) is 0 Å². The first-order valence-corrected chi connectivity index (χ1v) is 7.71. The largest absolute Gasteiger partial charge is 0.372 e. The fourth-order valence-corrected chi connectivity index (χ4v) is 2.75. The van der Waals surface area contributed by atoms with Crippen LogP contribution in [-0.4, -0.2) is 12.6 Å². The number of ether oxygens (including phenoxy) is 1. The maximum absolute atomic E-state index is 6.26. The summed E-state index contributed by atoms with van der Waals surface area (Å²) in [4.78, 5) is 0. The Morgan fingerprint density at radius 2 is 2.11 bits per heavy atom. The van der Waals surface area contributed by atoms with Gasteiger partial charge < -0.3 is 10.5 Å². The Balaban J connectivity index is 1.96. The third-order valence-electron chi connectivity index (χ3n) is 4.12. The van der Waals surface area contributed by atoms with E-state index in [1.165, 1.54) is 19.3 Å². The van der Waals surface area contributed by atoms with Crippen molar-refractivity contribution in [2.75, 3.05) is 6.61 Å². The molecule has 2 unspecified atom stereocenters. The highest BCUT2D eigenvalue weighted by atomic mass is 35.5. The summed E-state index contributed by atoms with van der Waals surface area (Å²) in [6.07, 6.45) is 6.06. The zero-order valence-electron chi connectivity index (χ0n) is 11.6. The van der Waals surface area contributed by atoms with E-state index in [0.717, 1.165) is 36.0 Å². The van der Waals surface area contributed by atoms with Gasteiger partial charge in [-0.25, -0.2) is 0 Å². The van der Waals surface area contributed by atoms with Crippen molar-refractivity contribution in [3.63, 3.8) is 0 Å². The average molecular weight is 282 g/mol. The first kappa shape index (κ1) is 14.8. The van der Waals surface area contributed by atoms with Crippen molar-refractivity contribution in [3.05, 3.63) is 34.9 Å². The van der Waals surface area contributed by atoms with Crippen LogP contribution >= 0.6 is 11.6 Å². The minimum atomic E-state index is -0.0845. The van der Waals surface area contributed by atoms with Crippen LogP contribution < -0.4 is 5.73 Å². The molecule has 1 aliphatic carbocycles. The van der Waals surface area contributed by atoms with Crippen molar-refractivity contribution in [3.8, 4) is 0 Å². The number of hydrogen-bond donors (Lipinski definition) is 1. The molecule has 0 saturated heterocycles. The van der Waals surface area contributed by atoms with Crippen LogP contribution in [0.1, 0.15) is 50.7 Å². The number of rotatable bonds is 7. The Kier molecular flexibility index (Phi) is 5.68. The van der Waals surface area contributed by atoms with Gasteiger partial charge in [0.05, 0.1) is 6.10 Å². The Hall–Kier alpha value is -0.570. The molecule has 2 nitrogen and oxygen atoms in total. The molecule has 0 bridgehead atoms. The number of nitrogens with two attached hydrogens (primary N) is 1. The van der Waals surface area contributed by atoms with E-state index in [-0.39, 0.29) is 12.1 Å². The van der Waals surface area contributed by atoms with Gasteiger partial charge in [-0.2, -0.15) is 0 Å². The highest BCUT2D eigenvalue weighted by Gasteiger charge is 2.23. The summed E-state index contributed by atoms with van der Waals surface area (Å²) in [5.41, 5.74) is 7.22. The minimum Gasteiger partial charge on any atom is -0.372 e. The van der Waals surface area contributed by atoms with Crippen LogP contribution in [0.5, 0.6) is 0 Å². The van der Waals surface area contributed by atoms with Crippen molar-refractivity contribution in [2.45, 2.75) is 51.2 Å². The standard InChI is InChI=1S/C16H24ClNO/c1-2-15(18)16(13-8-3-4-9-14(13)17)19-11-10-12-6-5-7-12/h3-4,8-9,12,15-16H,2,5-7,10-11,18H2,1H3. The highest BCUT2D eigenvalue weighted by Crippen LogP contribution is 2.32. The summed E-state index contributed by atoms with van der Waals surface area (Å²) in [6, 6.07) is 7.86. The van der Waals surface area contributed by atoms with Crippen molar-refractivity contribution in [2.24, 2.45) is 11.7 Å². The second-order valence-corrected chi connectivity index (χ2v) is 5.88. The zero-order valence-corrected chi connectivity index (χ0v) is 12.4. The third-order valence-corrected chi connectivity index (χ3v) is 4.46. The quantitative estimate of drug-likeness (QED) is 0.807. The van der Waals surface area contributed by atoms with Gasteiger partial charge in [-0.1, -0.05) is 56.0 Å². The molecule has 0 radical (unpaired) electrons. The lowest BCUT2D eigenvalue weighted by Gasteiger charge is -2.28. The monoisotopic (exact) mass is 281 g/mol. The maximum Gasteiger partial charge on any atom is 0.0989 e. The van der Waals surface area contributed by atoms with E-state index in [1.807, 2.05) is 24.3 Å². The molecule has 0 amide bonds. The molecule has 2 atom stereocenters. The molecule has 2 rings (SSSR count). The lowest BCUT2D eigenvalue weighted by Crippen LogP contribution is -2.30. The molecule has 1 aromatic carbocycles. The maximum atomic E-state index is 6.26. The summed E-state index contributed by atoms with van der Waals surface area (Å²) < 4.78 is 6.06. The van der Waals surface area contributed by atoms with Gasteiger partial charge in [0.1, 0.15) is 0 Å². The second kappa shape index (κ2) is 7.28. The number of hydrogen-bond acceptors (Lipinski definition) is 2. The van der Waals surface area contributed by atoms with Gasteiger partial charge in [0, 0.05) is 23.2 Å². The first-order chi connectivity index (χ1) is 9.22. The average Bonchev–Trinajstić information content (AvgIpc) is 2.37. The number of benzene rings is 1. The van der Waals surface area contributed by atoms with Gasteiger partial charge in [0.25, 0.3) is 0 Å². The molecule has 0 spiro atoms. The molecule has 1 saturated carbocycles. The molecule has 0 heterocycles. The predicted molar refractivity (Wildman–Crippen MR) is 80.4 cm³/mol. The van der Waals surface area contributed by atoms with Gasteiger partial charge >= 0.3 is 0 Å². The van der Waals surface area contributed by atoms with Crippen LogP contribution in [0.4, 0.5) is 0 Å². The molecule has 19 heavy (non-hydrogen) atoms. The highest BCUT2D eigenvalue weighted by molar-refractivity contribution is 6.31. The van der Waals surface area contributed by atoms with Crippen LogP contribution in [0.25, 0.3) is 0 Å². The molecule has 3 heteroatoms. The Bertz CT molecular complexity index is 392. The van der Waals surface area contributed by atoms with Gasteiger partial charge in [-0.3, -0.25) is 0 Å². The Morgan fingerprint density at radius 1 is 1.37 bits per heavy atom. The fraction of sp³-hybridized carbons (Fsp3) is 0.625. The SMILES string of the molecule is CCC(N)C(OCCC1CCC1)c1ccccc1Cl. The van der Waals surface area contributed by atoms with E-state index in [9.17, 15) is 0 Å². The van der Waals surface area contributed by atoms with Crippen LogP contribution in [0.2, 0.25) is 5.02 Å². The van der Waals surface area contributed by atoms with E-state index in [0.29, 0.717) is 0 Å². The summed E-state index contributed by atoms with van der Waals surface area (Å²) in [5, 5.41) is 0.750. The lowest BCUT2D eigenvalue weighted by atomic mass is 9.83. The Morgan fingerprint density at radius 3 is 2.68 bits per heavy atom. The molecule has 1 fully saturated rings. The molecular weight excluding hydrogens is 258 g/mol. The normalized spacial score (nSPS) is 18.9.